The van der Waals surface area contributed by atoms with Crippen molar-refractivity contribution >= 4 is 12.1 Å². The highest BCUT2D eigenvalue weighted by molar-refractivity contribution is 5.75. The van der Waals surface area contributed by atoms with Gasteiger partial charge in [0.2, 0.25) is 0 Å². The summed E-state index contributed by atoms with van der Waals surface area (Å²) >= 11 is 0. The first-order valence-corrected chi connectivity index (χ1v) is 6.79. The predicted octanol–water partition coefficient (Wildman–Crippen LogP) is 2.83. The summed E-state index contributed by atoms with van der Waals surface area (Å²) in [6.07, 6.45) is -0.404. The zero-order chi connectivity index (χ0) is 15.2. The Morgan fingerprint density at radius 1 is 1.05 bits per heavy atom. The van der Waals surface area contributed by atoms with Gasteiger partial charge in [0, 0.05) is 11.6 Å². The Kier molecular flexibility index (Phi) is 6.87. The number of esters is 1. The summed E-state index contributed by atoms with van der Waals surface area (Å²) in [6.45, 7) is 13.5. The van der Waals surface area contributed by atoms with Crippen LogP contribution in [0.5, 0.6) is 0 Å². The maximum atomic E-state index is 12.1. The molecule has 2 atom stereocenters. The van der Waals surface area contributed by atoms with Crippen molar-refractivity contribution in [2.24, 2.45) is 5.92 Å². The second-order valence-electron chi connectivity index (χ2n) is 5.52. The van der Waals surface area contributed by atoms with Crippen molar-refractivity contribution in [2.45, 2.75) is 60.0 Å². The molecule has 2 unspecified atom stereocenters. The number of hydrogen-bond donors (Lipinski definition) is 0. The van der Waals surface area contributed by atoms with Crippen LogP contribution in [-0.4, -0.2) is 41.8 Å². The Bertz CT molecular complexity index is 309. The molecule has 0 aromatic rings. The smallest absolute Gasteiger partial charge is 0.410 e. The van der Waals surface area contributed by atoms with E-state index in [9.17, 15) is 9.59 Å². The first-order chi connectivity index (χ1) is 8.66. The molecular weight excluding hydrogens is 246 g/mol. The molecule has 0 spiro atoms. The van der Waals surface area contributed by atoms with E-state index < -0.39 is 17.6 Å². The molecule has 0 aromatic heterocycles. The third-order valence-electron chi connectivity index (χ3n) is 2.98. The minimum absolute atomic E-state index is 0.293. The number of ether oxygens (including phenoxy) is 2. The molecule has 0 aromatic carbocycles. The van der Waals surface area contributed by atoms with Gasteiger partial charge in [0.1, 0.15) is 0 Å². The Hall–Kier alpha value is -1.26. The summed E-state index contributed by atoms with van der Waals surface area (Å²) in [6, 6.07) is -0.293. The summed E-state index contributed by atoms with van der Waals surface area (Å²) in [4.78, 5) is 25.5. The van der Waals surface area contributed by atoms with Crippen LogP contribution < -0.4 is 0 Å². The lowest BCUT2D eigenvalue weighted by atomic mass is 9.96. The topological polar surface area (TPSA) is 55.8 Å². The fourth-order valence-corrected chi connectivity index (χ4v) is 1.94. The number of amides is 1. The average Bonchev–Trinajstić information content (AvgIpc) is 2.26. The molecule has 0 heterocycles. The van der Waals surface area contributed by atoms with Crippen LogP contribution in [0.15, 0.2) is 0 Å². The van der Waals surface area contributed by atoms with Gasteiger partial charge < -0.3 is 9.47 Å². The van der Waals surface area contributed by atoms with Crippen molar-refractivity contribution in [3.8, 4) is 0 Å². The molecule has 0 aliphatic carbocycles. The van der Waals surface area contributed by atoms with E-state index in [1.807, 2.05) is 27.7 Å². The summed E-state index contributed by atoms with van der Waals surface area (Å²) in [5, 5.41) is 0. The minimum atomic E-state index is -0.424. The van der Waals surface area contributed by atoms with Gasteiger partial charge in [-0.05, 0) is 48.5 Å². The van der Waals surface area contributed by atoms with Gasteiger partial charge in [-0.3, -0.25) is 9.69 Å². The van der Waals surface area contributed by atoms with E-state index in [0.29, 0.717) is 13.2 Å². The van der Waals surface area contributed by atoms with Crippen LogP contribution in [0.4, 0.5) is 4.79 Å². The van der Waals surface area contributed by atoms with Gasteiger partial charge in [-0.15, -0.1) is 0 Å². The molecule has 5 nitrogen and oxygen atoms in total. The van der Waals surface area contributed by atoms with E-state index in [2.05, 4.69) is 0 Å². The standard InChI is InChI=1S/C14H27NO4/c1-8-18-12(16)10(3)11(4)15(14(5,6)7)13(17)19-9-2/h10-11H,8-9H2,1-7H3. The third-order valence-corrected chi connectivity index (χ3v) is 2.98. The largest absolute Gasteiger partial charge is 0.466 e. The highest BCUT2D eigenvalue weighted by Gasteiger charge is 2.37. The normalized spacial score (nSPS) is 14.5. The zero-order valence-electron chi connectivity index (χ0n) is 13.1. The predicted molar refractivity (Wildman–Crippen MR) is 73.9 cm³/mol. The SMILES string of the molecule is CCOC(=O)C(C)C(C)N(C(=O)OCC)C(C)(C)C. The van der Waals surface area contributed by atoms with Crippen molar-refractivity contribution in [3.63, 3.8) is 0 Å². The molecular formula is C14H27NO4. The molecule has 0 rings (SSSR count). The minimum Gasteiger partial charge on any atom is -0.466 e. The Morgan fingerprint density at radius 3 is 1.89 bits per heavy atom. The van der Waals surface area contributed by atoms with Crippen LogP contribution >= 0.6 is 0 Å². The van der Waals surface area contributed by atoms with Crippen LogP contribution in [0.1, 0.15) is 48.5 Å². The van der Waals surface area contributed by atoms with Crippen LogP contribution in [0, 0.1) is 5.92 Å². The van der Waals surface area contributed by atoms with E-state index in [-0.39, 0.29) is 12.0 Å². The molecule has 0 bridgehead atoms. The molecule has 1 amide bonds. The molecule has 0 fully saturated rings. The van der Waals surface area contributed by atoms with Gasteiger partial charge in [-0.25, -0.2) is 4.79 Å². The van der Waals surface area contributed by atoms with Gasteiger partial charge in [0.15, 0.2) is 0 Å². The van der Waals surface area contributed by atoms with Gasteiger partial charge in [-0.1, -0.05) is 0 Å². The molecule has 0 N–H and O–H groups in total. The number of carbonyl (C=O) groups excluding carboxylic acids is 2. The van der Waals surface area contributed by atoms with Gasteiger partial charge in [-0.2, -0.15) is 0 Å². The third kappa shape index (κ3) is 5.09. The molecule has 0 aliphatic heterocycles. The molecule has 5 heteroatoms. The maximum absolute atomic E-state index is 12.1. The van der Waals surface area contributed by atoms with Crippen molar-refractivity contribution in [1.82, 2.24) is 4.90 Å². The molecule has 112 valence electrons. The lowest BCUT2D eigenvalue weighted by molar-refractivity contribution is -0.149. The first-order valence-electron chi connectivity index (χ1n) is 6.79. The van der Waals surface area contributed by atoms with Gasteiger partial charge >= 0.3 is 12.1 Å². The van der Waals surface area contributed by atoms with Gasteiger partial charge in [0.25, 0.3) is 0 Å². The number of hydrogen-bond acceptors (Lipinski definition) is 4. The molecule has 0 saturated heterocycles. The van der Waals surface area contributed by atoms with Crippen molar-refractivity contribution < 1.29 is 19.1 Å². The van der Waals surface area contributed by atoms with E-state index in [1.165, 1.54) is 0 Å². The Labute approximate surface area is 116 Å². The second-order valence-corrected chi connectivity index (χ2v) is 5.52. The van der Waals surface area contributed by atoms with Crippen LogP contribution in [0.2, 0.25) is 0 Å². The zero-order valence-corrected chi connectivity index (χ0v) is 13.1. The van der Waals surface area contributed by atoms with E-state index >= 15 is 0 Å². The van der Waals surface area contributed by atoms with E-state index in [0.717, 1.165) is 0 Å². The fourth-order valence-electron chi connectivity index (χ4n) is 1.94. The van der Waals surface area contributed by atoms with Crippen LogP contribution in [0.25, 0.3) is 0 Å². The van der Waals surface area contributed by atoms with Crippen molar-refractivity contribution in [1.29, 1.82) is 0 Å². The van der Waals surface area contributed by atoms with E-state index in [4.69, 9.17) is 9.47 Å². The number of nitrogens with zero attached hydrogens (tertiary/aromatic N) is 1. The molecule has 0 radical (unpaired) electrons. The van der Waals surface area contributed by atoms with Crippen LogP contribution in [0.3, 0.4) is 0 Å². The number of rotatable bonds is 5. The molecule has 19 heavy (non-hydrogen) atoms. The second kappa shape index (κ2) is 7.36. The average molecular weight is 273 g/mol. The Balaban J connectivity index is 5.06. The summed E-state index contributed by atoms with van der Waals surface area (Å²) < 4.78 is 10.1. The van der Waals surface area contributed by atoms with Crippen molar-refractivity contribution in [3.05, 3.63) is 0 Å². The first kappa shape index (κ1) is 17.7. The highest BCUT2D eigenvalue weighted by atomic mass is 16.6. The highest BCUT2D eigenvalue weighted by Crippen LogP contribution is 2.23. The Morgan fingerprint density at radius 2 is 1.53 bits per heavy atom. The van der Waals surface area contributed by atoms with Crippen molar-refractivity contribution in [2.75, 3.05) is 13.2 Å². The molecule has 0 saturated carbocycles. The fraction of sp³-hybridized carbons (Fsp3) is 0.857. The van der Waals surface area contributed by atoms with Crippen LogP contribution in [-0.2, 0) is 14.3 Å². The summed E-state index contributed by atoms with van der Waals surface area (Å²) in [7, 11) is 0. The quantitative estimate of drug-likeness (QED) is 0.723. The van der Waals surface area contributed by atoms with E-state index in [1.54, 1.807) is 25.7 Å². The lowest BCUT2D eigenvalue weighted by Gasteiger charge is -2.41. The monoisotopic (exact) mass is 273 g/mol. The lowest BCUT2D eigenvalue weighted by Crippen LogP contribution is -2.54. The summed E-state index contributed by atoms with van der Waals surface area (Å²) in [5.41, 5.74) is -0.424. The molecule has 0 aliphatic rings. The number of carbonyl (C=O) groups is 2. The summed E-state index contributed by atoms with van der Waals surface area (Å²) in [5.74, 6) is -0.697. The van der Waals surface area contributed by atoms with Gasteiger partial charge in [0.05, 0.1) is 19.1 Å². The maximum Gasteiger partial charge on any atom is 0.410 e.